The number of rotatable bonds is 6. The molecule has 3 N–H and O–H groups in total. The number of aliphatic carboxylic acids is 1. The third kappa shape index (κ3) is 5.31. The number of benzene rings is 1. The molecule has 1 atom stereocenters. The molecular weight excluding hydrogens is 343 g/mol. The lowest BCUT2D eigenvalue weighted by molar-refractivity contribution is -0.300. The molecule has 0 aliphatic carbocycles. The van der Waals surface area contributed by atoms with Crippen molar-refractivity contribution in [3.63, 3.8) is 0 Å². The lowest BCUT2D eigenvalue weighted by Crippen LogP contribution is -2.52. The summed E-state index contributed by atoms with van der Waals surface area (Å²) in [6.45, 7) is -0.956. The van der Waals surface area contributed by atoms with Crippen molar-refractivity contribution in [3.05, 3.63) is 35.9 Å². The largest absolute Gasteiger partial charge is 0.481 e. The fourth-order valence-electron chi connectivity index (χ4n) is 1.60. The normalized spacial score (nSPS) is 13.3. The highest BCUT2D eigenvalue weighted by Gasteiger charge is 2.64. The smallest absolute Gasteiger partial charge is 0.454 e. The molecule has 0 fully saturated rings. The van der Waals surface area contributed by atoms with E-state index >= 15 is 0 Å². The fraction of sp³-hybridized carbons (Fsp3) is 0.385. The first-order valence-electron chi connectivity index (χ1n) is 6.28. The van der Waals surface area contributed by atoms with Crippen LogP contribution in [0.15, 0.2) is 30.3 Å². The second kappa shape index (κ2) is 7.53. The lowest BCUT2D eigenvalue weighted by Gasteiger charge is -2.26. The van der Waals surface area contributed by atoms with Crippen molar-refractivity contribution in [2.24, 2.45) is 5.92 Å². The molecule has 23 heavy (non-hydrogen) atoms. The van der Waals surface area contributed by atoms with Crippen LogP contribution in [-0.2, 0) is 11.3 Å². The quantitative estimate of drug-likeness (QED) is 0.540. The SMILES string of the molecule is O=C(O)C(CNC(=S)NCc1ccccc1)C(F)(F)C(F)(F)F. The van der Waals surface area contributed by atoms with Gasteiger partial charge in [-0.05, 0) is 17.8 Å². The molecule has 0 bridgehead atoms. The standard InChI is InChI=1S/C13H13F5N2O2S/c14-12(15,13(16,17)18)9(10(21)22)7-20-11(23)19-6-8-4-2-1-3-5-8/h1-5,9H,6-7H2,(H,21,22)(H2,19,20,23). The van der Waals surface area contributed by atoms with Crippen molar-refractivity contribution in [2.45, 2.75) is 18.6 Å². The summed E-state index contributed by atoms with van der Waals surface area (Å²) in [5, 5.41) is 13.0. The van der Waals surface area contributed by atoms with E-state index in [0.717, 1.165) is 5.56 Å². The van der Waals surface area contributed by atoms with Crippen LogP contribution >= 0.6 is 12.2 Å². The van der Waals surface area contributed by atoms with E-state index in [-0.39, 0.29) is 11.7 Å². The Morgan fingerprint density at radius 3 is 2.17 bits per heavy atom. The fourth-order valence-corrected chi connectivity index (χ4v) is 1.76. The van der Waals surface area contributed by atoms with Crippen LogP contribution in [0.1, 0.15) is 5.56 Å². The van der Waals surface area contributed by atoms with Crippen LogP contribution in [0.2, 0.25) is 0 Å². The lowest BCUT2D eigenvalue weighted by atomic mass is 10.0. The summed E-state index contributed by atoms with van der Waals surface area (Å²) in [5.41, 5.74) is 0.798. The summed E-state index contributed by atoms with van der Waals surface area (Å²) in [6, 6.07) is 8.76. The topological polar surface area (TPSA) is 61.4 Å². The number of halogens is 5. The van der Waals surface area contributed by atoms with E-state index in [1.165, 1.54) is 0 Å². The van der Waals surface area contributed by atoms with E-state index in [1.807, 2.05) is 0 Å². The summed E-state index contributed by atoms with van der Waals surface area (Å²) in [5.74, 6) is -10.6. The van der Waals surface area contributed by atoms with Crippen LogP contribution < -0.4 is 10.6 Å². The van der Waals surface area contributed by atoms with Crippen LogP contribution in [0.4, 0.5) is 22.0 Å². The molecule has 0 radical (unpaired) electrons. The molecule has 0 saturated heterocycles. The van der Waals surface area contributed by atoms with Gasteiger partial charge in [-0.15, -0.1) is 0 Å². The predicted octanol–water partition coefficient (Wildman–Crippen LogP) is 2.55. The Morgan fingerprint density at radius 2 is 1.70 bits per heavy atom. The van der Waals surface area contributed by atoms with Gasteiger partial charge < -0.3 is 15.7 Å². The third-order valence-corrected chi connectivity index (χ3v) is 3.17. The maximum absolute atomic E-state index is 13.1. The molecule has 0 aliphatic heterocycles. The first-order chi connectivity index (χ1) is 10.6. The van der Waals surface area contributed by atoms with Gasteiger partial charge >= 0.3 is 18.1 Å². The Labute approximate surface area is 133 Å². The first-order valence-corrected chi connectivity index (χ1v) is 6.69. The van der Waals surface area contributed by atoms with Crippen molar-refractivity contribution in [3.8, 4) is 0 Å². The first kappa shape index (κ1) is 19.1. The summed E-state index contributed by atoms with van der Waals surface area (Å²) < 4.78 is 63.0. The minimum Gasteiger partial charge on any atom is -0.481 e. The van der Waals surface area contributed by atoms with Crippen molar-refractivity contribution in [1.82, 2.24) is 10.6 Å². The van der Waals surface area contributed by atoms with Gasteiger partial charge in [0.1, 0.15) is 5.92 Å². The highest BCUT2D eigenvalue weighted by atomic mass is 32.1. The Balaban J connectivity index is 2.59. The van der Waals surface area contributed by atoms with E-state index in [9.17, 15) is 26.7 Å². The van der Waals surface area contributed by atoms with Crippen molar-refractivity contribution in [1.29, 1.82) is 0 Å². The van der Waals surface area contributed by atoms with Gasteiger partial charge in [0.2, 0.25) is 0 Å². The number of hydrogen-bond donors (Lipinski definition) is 3. The Morgan fingerprint density at radius 1 is 1.13 bits per heavy atom. The number of carboxylic acid groups (broad SMARTS) is 1. The molecule has 0 heterocycles. The van der Waals surface area contributed by atoms with Gasteiger partial charge in [-0.1, -0.05) is 30.3 Å². The van der Waals surface area contributed by atoms with Crippen LogP contribution in [0.5, 0.6) is 0 Å². The van der Waals surface area contributed by atoms with E-state index in [2.05, 4.69) is 10.6 Å². The van der Waals surface area contributed by atoms with Crippen LogP contribution in [0.25, 0.3) is 0 Å². The molecule has 1 aromatic rings. The van der Waals surface area contributed by atoms with E-state index in [0.29, 0.717) is 0 Å². The maximum atomic E-state index is 13.1. The van der Waals surface area contributed by atoms with Crippen molar-refractivity contribution in [2.75, 3.05) is 6.54 Å². The number of alkyl halides is 5. The summed E-state index contributed by atoms with van der Waals surface area (Å²) in [4.78, 5) is 10.7. The second-order valence-corrected chi connectivity index (χ2v) is 4.97. The van der Waals surface area contributed by atoms with Gasteiger partial charge in [0, 0.05) is 13.1 Å². The highest BCUT2D eigenvalue weighted by Crippen LogP contribution is 2.41. The van der Waals surface area contributed by atoms with Gasteiger partial charge in [0.15, 0.2) is 5.11 Å². The minimum absolute atomic E-state index is 0.208. The highest BCUT2D eigenvalue weighted by molar-refractivity contribution is 7.80. The zero-order valence-electron chi connectivity index (χ0n) is 11.5. The van der Waals surface area contributed by atoms with E-state index in [1.54, 1.807) is 30.3 Å². The van der Waals surface area contributed by atoms with Gasteiger partial charge in [-0.25, -0.2) is 0 Å². The number of carboxylic acids is 1. The molecule has 0 amide bonds. The number of nitrogens with one attached hydrogen (secondary N) is 2. The Hall–Kier alpha value is -1.97. The molecule has 1 unspecified atom stereocenters. The van der Waals surface area contributed by atoms with Crippen molar-refractivity contribution >= 4 is 23.3 Å². The summed E-state index contributed by atoms with van der Waals surface area (Å²) in [7, 11) is 0. The minimum atomic E-state index is -5.96. The second-order valence-electron chi connectivity index (χ2n) is 4.56. The summed E-state index contributed by atoms with van der Waals surface area (Å²) >= 11 is 4.73. The maximum Gasteiger partial charge on any atom is 0.454 e. The van der Waals surface area contributed by atoms with Gasteiger partial charge in [0.25, 0.3) is 0 Å². The molecule has 4 nitrogen and oxygen atoms in total. The Kier molecular flexibility index (Phi) is 6.25. The monoisotopic (exact) mass is 356 g/mol. The molecule has 128 valence electrons. The molecule has 1 rings (SSSR count). The zero-order chi connectivity index (χ0) is 17.7. The van der Waals surface area contributed by atoms with Crippen LogP contribution in [-0.4, -0.2) is 34.8 Å². The van der Waals surface area contributed by atoms with Crippen LogP contribution in [0, 0.1) is 5.92 Å². The molecule has 10 heteroatoms. The number of hydrogen-bond acceptors (Lipinski definition) is 2. The van der Waals surface area contributed by atoms with Crippen molar-refractivity contribution < 1.29 is 31.9 Å². The predicted molar refractivity (Wildman–Crippen MR) is 76.0 cm³/mol. The Bertz CT molecular complexity index is 551. The summed E-state index contributed by atoms with van der Waals surface area (Å²) in [6.07, 6.45) is -5.96. The average Bonchev–Trinajstić information content (AvgIpc) is 2.44. The molecular formula is C13H13F5N2O2S. The van der Waals surface area contributed by atoms with Gasteiger partial charge in [0.05, 0.1) is 0 Å². The van der Waals surface area contributed by atoms with E-state index in [4.69, 9.17) is 17.3 Å². The van der Waals surface area contributed by atoms with E-state index < -0.39 is 30.5 Å². The number of thiocarbonyl (C=S) groups is 1. The average molecular weight is 356 g/mol. The third-order valence-electron chi connectivity index (χ3n) is 2.88. The molecule has 0 spiro atoms. The molecule has 0 aliphatic rings. The van der Waals surface area contributed by atoms with Gasteiger partial charge in [-0.2, -0.15) is 22.0 Å². The van der Waals surface area contributed by atoms with Crippen LogP contribution in [0.3, 0.4) is 0 Å². The van der Waals surface area contributed by atoms with Gasteiger partial charge in [-0.3, -0.25) is 4.79 Å². The molecule has 0 aromatic heterocycles. The zero-order valence-corrected chi connectivity index (χ0v) is 12.3. The molecule has 0 saturated carbocycles. The molecule has 1 aromatic carbocycles. The number of carbonyl (C=O) groups is 1.